The van der Waals surface area contributed by atoms with Gasteiger partial charge < -0.3 is 20.1 Å². The van der Waals surface area contributed by atoms with Crippen LogP contribution in [-0.4, -0.2) is 40.5 Å². The molecular weight excluding hydrogens is 425 g/mol. The predicted molar refractivity (Wildman–Crippen MR) is 108 cm³/mol. The van der Waals surface area contributed by atoms with Crippen molar-refractivity contribution in [3.63, 3.8) is 0 Å². The summed E-state index contributed by atoms with van der Waals surface area (Å²) in [5.74, 6) is 0.164. The first kappa shape index (κ1) is 20.7. The van der Waals surface area contributed by atoms with E-state index in [0.29, 0.717) is 49.0 Å². The molecule has 1 fully saturated rings. The minimum Gasteiger partial charge on any atom is -0.383 e. The lowest BCUT2D eigenvalue weighted by Gasteiger charge is -2.35. The van der Waals surface area contributed by atoms with Crippen LogP contribution in [0.1, 0.15) is 38.8 Å². The van der Waals surface area contributed by atoms with Crippen LogP contribution in [0.15, 0.2) is 36.5 Å². The van der Waals surface area contributed by atoms with E-state index in [4.69, 9.17) is 15.2 Å². The maximum atomic E-state index is 13.4. The highest BCUT2D eigenvalue weighted by Crippen LogP contribution is 2.33. The van der Waals surface area contributed by atoms with Gasteiger partial charge in [0.1, 0.15) is 5.82 Å². The second-order valence-electron chi connectivity index (χ2n) is 7.74. The average molecular weight is 444 g/mol. The van der Waals surface area contributed by atoms with Crippen molar-refractivity contribution in [1.29, 1.82) is 0 Å². The van der Waals surface area contributed by atoms with Gasteiger partial charge in [0.2, 0.25) is 0 Å². The largest absolute Gasteiger partial charge is 0.417 e. The number of anilines is 1. The molecule has 10 heteroatoms. The number of benzene rings is 1. The minimum absolute atomic E-state index is 0.152. The molecule has 2 N–H and O–H groups in total. The second kappa shape index (κ2) is 7.72. The number of fused-ring (bicyclic) bond motifs is 3. The first-order valence-corrected chi connectivity index (χ1v) is 10.0. The Morgan fingerprint density at radius 2 is 1.94 bits per heavy atom. The smallest absolute Gasteiger partial charge is 0.383 e. The Labute approximate surface area is 181 Å². The van der Waals surface area contributed by atoms with Crippen LogP contribution in [-0.2, 0) is 28.9 Å². The quantitative estimate of drug-likeness (QED) is 0.651. The SMILES string of the molecule is Nc1nc2ccc(C(=O)N3CCOC[C@@H]3c3ccc(C(F)(F)F)cn3)cc2c2c1COC2. The second-order valence-corrected chi connectivity index (χ2v) is 7.74. The molecule has 1 atom stereocenters. The first-order chi connectivity index (χ1) is 15.3. The summed E-state index contributed by atoms with van der Waals surface area (Å²) < 4.78 is 49.7. The van der Waals surface area contributed by atoms with Crippen LogP contribution in [0, 0.1) is 0 Å². The average Bonchev–Trinajstić information content (AvgIpc) is 3.29. The molecule has 32 heavy (non-hydrogen) atoms. The molecule has 3 aromatic rings. The zero-order valence-electron chi connectivity index (χ0n) is 16.9. The van der Waals surface area contributed by atoms with Gasteiger partial charge in [0.15, 0.2) is 0 Å². The van der Waals surface area contributed by atoms with E-state index in [2.05, 4.69) is 9.97 Å². The number of nitrogens with two attached hydrogens (primary N) is 1. The van der Waals surface area contributed by atoms with Gasteiger partial charge in [-0.05, 0) is 35.9 Å². The molecule has 2 aromatic heterocycles. The van der Waals surface area contributed by atoms with Gasteiger partial charge in [0, 0.05) is 29.3 Å². The molecule has 5 rings (SSSR count). The Balaban J connectivity index is 1.48. The van der Waals surface area contributed by atoms with Crippen molar-refractivity contribution in [3.8, 4) is 0 Å². The summed E-state index contributed by atoms with van der Waals surface area (Å²) in [7, 11) is 0. The summed E-state index contributed by atoms with van der Waals surface area (Å²) in [6.07, 6.45) is -3.70. The zero-order chi connectivity index (χ0) is 22.5. The highest BCUT2D eigenvalue weighted by atomic mass is 19.4. The fraction of sp³-hybridized carbons (Fsp3) is 0.318. The van der Waals surface area contributed by atoms with Crippen LogP contribution >= 0.6 is 0 Å². The number of aromatic nitrogens is 2. The maximum Gasteiger partial charge on any atom is 0.417 e. The Kier molecular flexibility index (Phi) is 4.98. The predicted octanol–water partition coefficient (Wildman–Crippen LogP) is 3.47. The third-order valence-electron chi connectivity index (χ3n) is 5.82. The molecule has 0 saturated carbocycles. The number of carbonyl (C=O) groups is 1. The molecule has 0 radical (unpaired) electrons. The highest BCUT2D eigenvalue weighted by molar-refractivity contribution is 5.99. The van der Waals surface area contributed by atoms with Crippen LogP contribution in [0.3, 0.4) is 0 Å². The van der Waals surface area contributed by atoms with E-state index in [9.17, 15) is 18.0 Å². The van der Waals surface area contributed by atoms with E-state index in [0.717, 1.165) is 28.8 Å². The van der Waals surface area contributed by atoms with Crippen LogP contribution < -0.4 is 5.73 Å². The van der Waals surface area contributed by atoms with E-state index in [1.807, 2.05) is 0 Å². The zero-order valence-corrected chi connectivity index (χ0v) is 16.9. The van der Waals surface area contributed by atoms with E-state index in [1.165, 1.54) is 6.07 Å². The number of amides is 1. The van der Waals surface area contributed by atoms with Crippen LogP contribution in [0.4, 0.5) is 19.0 Å². The molecule has 0 spiro atoms. The number of hydrogen-bond acceptors (Lipinski definition) is 6. The maximum absolute atomic E-state index is 13.4. The van der Waals surface area contributed by atoms with Gasteiger partial charge in [0.05, 0.1) is 49.2 Å². The molecule has 166 valence electrons. The molecule has 0 unspecified atom stereocenters. The molecule has 1 saturated heterocycles. The van der Waals surface area contributed by atoms with Crippen molar-refractivity contribution in [3.05, 3.63) is 64.5 Å². The lowest BCUT2D eigenvalue weighted by Crippen LogP contribution is -2.43. The number of ether oxygens (including phenoxy) is 2. The number of alkyl halides is 3. The fourth-order valence-corrected chi connectivity index (χ4v) is 4.13. The van der Waals surface area contributed by atoms with Crippen molar-refractivity contribution in [2.75, 3.05) is 25.5 Å². The van der Waals surface area contributed by atoms with E-state index < -0.39 is 17.8 Å². The van der Waals surface area contributed by atoms with Gasteiger partial charge in [-0.25, -0.2) is 4.98 Å². The Morgan fingerprint density at radius 1 is 1.12 bits per heavy atom. The first-order valence-electron chi connectivity index (χ1n) is 10.0. The van der Waals surface area contributed by atoms with E-state index in [-0.39, 0.29) is 12.5 Å². The molecule has 4 heterocycles. The van der Waals surface area contributed by atoms with Crippen LogP contribution in [0.25, 0.3) is 10.9 Å². The molecule has 2 aliphatic heterocycles. The summed E-state index contributed by atoms with van der Waals surface area (Å²) in [6.45, 7) is 1.56. The standard InChI is InChI=1S/C22H19F3N4O3/c23-22(24,25)13-2-4-18(27-8-13)19-11-31-6-5-29(19)21(30)12-1-3-17-14(7-12)15-9-32-10-16(15)20(26)28-17/h1-4,7-8,19H,5-6,9-11H2,(H2,26,28)/t19-/m1/s1. The van der Waals surface area contributed by atoms with Gasteiger partial charge in [0.25, 0.3) is 5.91 Å². The molecule has 0 bridgehead atoms. The van der Waals surface area contributed by atoms with Crippen LogP contribution in [0.5, 0.6) is 0 Å². The summed E-state index contributed by atoms with van der Waals surface area (Å²) in [5.41, 5.74) is 8.39. The van der Waals surface area contributed by atoms with Gasteiger partial charge in [-0.2, -0.15) is 13.2 Å². The van der Waals surface area contributed by atoms with Gasteiger partial charge in [-0.1, -0.05) is 0 Å². The van der Waals surface area contributed by atoms with Crippen molar-refractivity contribution in [2.45, 2.75) is 25.4 Å². The molecule has 2 aliphatic rings. The summed E-state index contributed by atoms with van der Waals surface area (Å²) in [6, 6.07) is 6.85. The topological polar surface area (TPSA) is 90.6 Å². The molecule has 7 nitrogen and oxygen atoms in total. The number of nitrogens with zero attached hydrogens (tertiary/aromatic N) is 3. The van der Waals surface area contributed by atoms with Crippen molar-refractivity contribution in [1.82, 2.24) is 14.9 Å². The third-order valence-corrected chi connectivity index (χ3v) is 5.82. The lowest BCUT2D eigenvalue weighted by atomic mass is 10.0. The van der Waals surface area contributed by atoms with Gasteiger partial charge in [-0.15, -0.1) is 0 Å². The Morgan fingerprint density at radius 3 is 2.69 bits per heavy atom. The number of nitrogen functional groups attached to an aromatic ring is 1. The number of morpholine rings is 1. The third kappa shape index (κ3) is 3.55. The van der Waals surface area contributed by atoms with Crippen LogP contribution in [0.2, 0.25) is 0 Å². The van der Waals surface area contributed by atoms with Gasteiger partial charge >= 0.3 is 6.18 Å². The normalized spacial score (nSPS) is 18.7. The summed E-state index contributed by atoms with van der Waals surface area (Å²) in [5, 5.41) is 0.801. The number of halogens is 3. The monoisotopic (exact) mass is 444 g/mol. The number of rotatable bonds is 2. The Hall–Kier alpha value is -3.24. The van der Waals surface area contributed by atoms with Crippen molar-refractivity contribution < 1.29 is 27.4 Å². The molecular formula is C22H19F3N4O3. The fourth-order valence-electron chi connectivity index (χ4n) is 4.13. The van der Waals surface area contributed by atoms with Gasteiger partial charge in [-0.3, -0.25) is 9.78 Å². The summed E-state index contributed by atoms with van der Waals surface area (Å²) in [4.78, 5) is 23.4. The van der Waals surface area contributed by atoms with Crippen molar-refractivity contribution in [2.24, 2.45) is 0 Å². The number of pyridine rings is 2. The molecule has 1 aromatic carbocycles. The van der Waals surface area contributed by atoms with E-state index in [1.54, 1.807) is 23.1 Å². The highest BCUT2D eigenvalue weighted by Gasteiger charge is 2.34. The molecule has 1 amide bonds. The number of hydrogen-bond donors (Lipinski definition) is 1. The van der Waals surface area contributed by atoms with E-state index >= 15 is 0 Å². The molecule has 0 aliphatic carbocycles. The Bertz CT molecular complexity index is 1200. The minimum atomic E-state index is -4.48. The lowest BCUT2D eigenvalue weighted by molar-refractivity contribution is -0.137. The van der Waals surface area contributed by atoms with Crippen molar-refractivity contribution >= 4 is 22.6 Å². The number of carbonyl (C=O) groups excluding carboxylic acids is 1. The summed E-state index contributed by atoms with van der Waals surface area (Å²) >= 11 is 0.